The first-order valence-corrected chi connectivity index (χ1v) is 5.72. The summed E-state index contributed by atoms with van der Waals surface area (Å²) in [6.45, 7) is 5.86. The molecular weight excluding hydrogens is 237 g/mol. The third-order valence-electron chi connectivity index (χ3n) is 1.80. The average molecular weight is 254 g/mol. The summed E-state index contributed by atoms with van der Waals surface area (Å²) in [6.07, 6.45) is 0. The van der Waals surface area contributed by atoms with E-state index in [2.05, 4.69) is 0 Å². The van der Waals surface area contributed by atoms with Crippen LogP contribution in [-0.2, 0) is 0 Å². The Kier molecular flexibility index (Phi) is 8.37. The SMILES string of the molecule is CC.Cc1cccc(F)c1.Fc1ccccc1F. The number of benzene rings is 2. The standard InChI is InChI=1S/C7H7F.C6H4F2.C2H6/c1-6-3-2-4-7(8)5-6;7-5-3-1-2-4-6(5)8;1-2/h2-5H,1H3;1-4H;1-2H3. The van der Waals surface area contributed by atoms with Crippen LogP contribution < -0.4 is 0 Å². The Morgan fingerprint density at radius 3 is 1.50 bits per heavy atom. The predicted octanol–water partition coefficient (Wildman–Crippen LogP) is 5.13. The Bertz CT molecular complexity index is 415. The van der Waals surface area contributed by atoms with Gasteiger partial charge in [-0.25, -0.2) is 13.2 Å². The molecule has 2 aromatic carbocycles. The Morgan fingerprint density at radius 2 is 1.22 bits per heavy atom. The second-order valence-corrected chi connectivity index (χ2v) is 3.21. The van der Waals surface area contributed by atoms with Crippen LogP contribution in [0.5, 0.6) is 0 Å². The van der Waals surface area contributed by atoms with Crippen LogP contribution in [0.15, 0.2) is 48.5 Å². The summed E-state index contributed by atoms with van der Waals surface area (Å²) in [5, 5.41) is 0. The highest BCUT2D eigenvalue weighted by Gasteiger charge is 1.93. The van der Waals surface area contributed by atoms with Crippen molar-refractivity contribution >= 4 is 0 Å². The molecule has 0 saturated heterocycles. The average Bonchev–Trinajstić information content (AvgIpc) is 2.36. The van der Waals surface area contributed by atoms with Crippen molar-refractivity contribution in [3.8, 4) is 0 Å². The summed E-state index contributed by atoms with van der Waals surface area (Å²) in [4.78, 5) is 0. The molecule has 0 aliphatic carbocycles. The largest absolute Gasteiger partial charge is 0.207 e. The maximum Gasteiger partial charge on any atom is 0.158 e. The fourth-order valence-electron chi connectivity index (χ4n) is 1.04. The third-order valence-corrected chi connectivity index (χ3v) is 1.80. The molecule has 0 bridgehead atoms. The highest BCUT2D eigenvalue weighted by Crippen LogP contribution is 2.01. The van der Waals surface area contributed by atoms with Gasteiger partial charge in [0.15, 0.2) is 11.6 Å². The Hall–Kier alpha value is -1.77. The minimum atomic E-state index is -0.799. The zero-order chi connectivity index (χ0) is 14.0. The molecule has 0 fully saturated rings. The van der Waals surface area contributed by atoms with Crippen LogP contribution in [0.3, 0.4) is 0 Å². The van der Waals surface area contributed by atoms with Gasteiger partial charge in [0.2, 0.25) is 0 Å². The molecular formula is C15H17F3. The smallest absolute Gasteiger partial charge is 0.158 e. The van der Waals surface area contributed by atoms with Crippen molar-refractivity contribution in [2.24, 2.45) is 0 Å². The zero-order valence-electron chi connectivity index (χ0n) is 10.8. The molecule has 0 heterocycles. The number of aryl methyl sites for hydroxylation is 1. The van der Waals surface area contributed by atoms with Crippen LogP contribution >= 0.6 is 0 Å². The van der Waals surface area contributed by atoms with E-state index in [1.54, 1.807) is 6.07 Å². The van der Waals surface area contributed by atoms with Crippen LogP contribution in [-0.4, -0.2) is 0 Å². The molecule has 0 spiro atoms. The first-order chi connectivity index (χ1) is 8.59. The molecule has 2 aromatic rings. The maximum absolute atomic E-state index is 12.2. The van der Waals surface area contributed by atoms with E-state index < -0.39 is 11.6 Å². The highest BCUT2D eigenvalue weighted by molar-refractivity contribution is 5.13. The van der Waals surface area contributed by atoms with Gasteiger partial charge in [-0.1, -0.05) is 38.1 Å². The number of hydrogen-bond donors (Lipinski definition) is 0. The number of halogens is 3. The van der Waals surface area contributed by atoms with Gasteiger partial charge in [0, 0.05) is 0 Å². The molecule has 0 unspecified atom stereocenters. The van der Waals surface area contributed by atoms with E-state index in [9.17, 15) is 13.2 Å². The van der Waals surface area contributed by atoms with Gasteiger partial charge in [-0.2, -0.15) is 0 Å². The fraction of sp³-hybridized carbons (Fsp3) is 0.200. The van der Waals surface area contributed by atoms with Crippen molar-refractivity contribution in [1.82, 2.24) is 0 Å². The van der Waals surface area contributed by atoms with Gasteiger partial charge >= 0.3 is 0 Å². The first kappa shape index (κ1) is 16.2. The number of rotatable bonds is 0. The van der Waals surface area contributed by atoms with E-state index in [1.165, 1.54) is 24.3 Å². The van der Waals surface area contributed by atoms with Crippen molar-refractivity contribution in [1.29, 1.82) is 0 Å². The topological polar surface area (TPSA) is 0 Å². The van der Waals surface area contributed by atoms with Crippen molar-refractivity contribution in [3.63, 3.8) is 0 Å². The Morgan fingerprint density at radius 1 is 0.722 bits per heavy atom. The molecule has 0 radical (unpaired) electrons. The normalized spacial score (nSPS) is 8.56. The van der Waals surface area contributed by atoms with Gasteiger partial charge < -0.3 is 0 Å². The summed E-state index contributed by atoms with van der Waals surface area (Å²) in [5.41, 5.74) is 0.963. The first-order valence-electron chi connectivity index (χ1n) is 5.72. The minimum absolute atomic E-state index is 0.162. The molecule has 0 N–H and O–H groups in total. The predicted molar refractivity (Wildman–Crippen MR) is 68.8 cm³/mol. The van der Waals surface area contributed by atoms with E-state index in [0.717, 1.165) is 17.7 Å². The van der Waals surface area contributed by atoms with E-state index >= 15 is 0 Å². The van der Waals surface area contributed by atoms with Gasteiger partial charge in [0.25, 0.3) is 0 Å². The van der Waals surface area contributed by atoms with Gasteiger partial charge in [0.05, 0.1) is 0 Å². The lowest BCUT2D eigenvalue weighted by Crippen LogP contribution is -1.77. The second kappa shape index (κ2) is 9.28. The van der Waals surface area contributed by atoms with Crippen LogP contribution in [0, 0.1) is 24.4 Å². The van der Waals surface area contributed by atoms with Crippen LogP contribution in [0.4, 0.5) is 13.2 Å². The van der Waals surface area contributed by atoms with Crippen molar-refractivity contribution in [3.05, 3.63) is 71.5 Å². The lowest BCUT2D eigenvalue weighted by molar-refractivity contribution is 0.508. The van der Waals surface area contributed by atoms with Crippen molar-refractivity contribution in [2.45, 2.75) is 20.8 Å². The third kappa shape index (κ3) is 6.74. The highest BCUT2D eigenvalue weighted by atomic mass is 19.2. The van der Waals surface area contributed by atoms with Crippen LogP contribution in [0.1, 0.15) is 19.4 Å². The molecule has 2 rings (SSSR count). The Labute approximate surface area is 106 Å². The monoisotopic (exact) mass is 254 g/mol. The quantitative estimate of drug-likeness (QED) is 0.611. The molecule has 0 amide bonds. The molecule has 0 atom stereocenters. The lowest BCUT2D eigenvalue weighted by atomic mass is 10.2. The van der Waals surface area contributed by atoms with E-state index in [1.807, 2.05) is 26.8 Å². The summed E-state index contributed by atoms with van der Waals surface area (Å²) in [5.74, 6) is -1.76. The molecule has 0 saturated carbocycles. The van der Waals surface area contributed by atoms with Gasteiger partial charge in [-0.3, -0.25) is 0 Å². The van der Waals surface area contributed by atoms with E-state index in [-0.39, 0.29) is 5.82 Å². The van der Waals surface area contributed by atoms with Crippen LogP contribution in [0.25, 0.3) is 0 Å². The number of hydrogen-bond acceptors (Lipinski definition) is 0. The molecule has 0 aromatic heterocycles. The molecule has 0 aliphatic rings. The minimum Gasteiger partial charge on any atom is -0.207 e. The van der Waals surface area contributed by atoms with E-state index in [4.69, 9.17) is 0 Å². The second-order valence-electron chi connectivity index (χ2n) is 3.21. The summed E-state index contributed by atoms with van der Waals surface area (Å²) in [6, 6.07) is 11.5. The zero-order valence-corrected chi connectivity index (χ0v) is 10.8. The van der Waals surface area contributed by atoms with E-state index in [0.29, 0.717) is 0 Å². The van der Waals surface area contributed by atoms with Crippen molar-refractivity contribution in [2.75, 3.05) is 0 Å². The van der Waals surface area contributed by atoms with Gasteiger partial charge in [0.1, 0.15) is 5.82 Å². The summed E-state index contributed by atoms with van der Waals surface area (Å²) >= 11 is 0. The summed E-state index contributed by atoms with van der Waals surface area (Å²) in [7, 11) is 0. The molecule has 3 heteroatoms. The molecule has 0 aliphatic heterocycles. The fourth-order valence-corrected chi connectivity index (χ4v) is 1.04. The summed E-state index contributed by atoms with van der Waals surface area (Å²) < 4.78 is 36.1. The molecule has 18 heavy (non-hydrogen) atoms. The van der Waals surface area contributed by atoms with Gasteiger partial charge in [-0.05, 0) is 36.8 Å². The van der Waals surface area contributed by atoms with Crippen molar-refractivity contribution < 1.29 is 13.2 Å². The molecule has 98 valence electrons. The Balaban J connectivity index is 0.000000283. The molecule has 0 nitrogen and oxygen atoms in total. The lowest BCUT2D eigenvalue weighted by Gasteiger charge is -1.87. The maximum atomic E-state index is 12.2. The van der Waals surface area contributed by atoms with Gasteiger partial charge in [-0.15, -0.1) is 0 Å². The van der Waals surface area contributed by atoms with Crippen LogP contribution in [0.2, 0.25) is 0 Å².